The number of hydrogen-bond donors (Lipinski definition) is 1. The molecule has 0 aliphatic heterocycles. The highest BCUT2D eigenvalue weighted by molar-refractivity contribution is 5.70. The van der Waals surface area contributed by atoms with Crippen LogP contribution in [-0.4, -0.2) is 35.0 Å². The summed E-state index contributed by atoms with van der Waals surface area (Å²) in [4.78, 5) is 32.3. The van der Waals surface area contributed by atoms with E-state index in [1.165, 1.54) is 0 Å². The molecular weight excluding hydrogens is 288 g/mol. The highest BCUT2D eigenvalue weighted by Crippen LogP contribution is 2.21. The van der Waals surface area contributed by atoms with E-state index in [1.807, 2.05) is 48.5 Å². The van der Waals surface area contributed by atoms with Gasteiger partial charge in [0, 0.05) is 0 Å². The minimum absolute atomic E-state index is 0.363. The molecule has 0 saturated heterocycles. The van der Waals surface area contributed by atoms with Crippen molar-refractivity contribution in [2.75, 3.05) is 6.61 Å². The summed E-state index contributed by atoms with van der Waals surface area (Å²) in [6.45, 7) is 13.5. The number of aliphatic carboxylic acids is 1. The SMILES string of the molecule is CCC(C(=O)O)C(CCCOOC(C)(C)C)OOC(C)(C)C. The molecule has 0 spiro atoms. The van der Waals surface area contributed by atoms with Gasteiger partial charge in [-0.2, -0.15) is 0 Å². The third-order valence-corrected chi connectivity index (χ3v) is 2.65. The van der Waals surface area contributed by atoms with Crippen molar-refractivity contribution in [3.8, 4) is 0 Å². The second-order valence-corrected chi connectivity index (χ2v) is 7.34. The maximum absolute atomic E-state index is 11.3. The fraction of sp³-hybridized carbons (Fsp3) is 0.938. The lowest BCUT2D eigenvalue weighted by molar-refractivity contribution is -0.382. The topological polar surface area (TPSA) is 74.2 Å². The molecule has 6 nitrogen and oxygen atoms in total. The van der Waals surface area contributed by atoms with Gasteiger partial charge in [0.15, 0.2) is 0 Å². The highest BCUT2D eigenvalue weighted by Gasteiger charge is 2.29. The molecule has 6 heteroatoms. The first kappa shape index (κ1) is 21.3. The molecule has 0 aliphatic rings. The lowest BCUT2D eigenvalue weighted by Crippen LogP contribution is -2.33. The van der Waals surface area contributed by atoms with Gasteiger partial charge >= 0.3 is 5.97 Å². The third kappa shape index (κ3) is 11.0. The van der Waals surface area contributed by atoms with Crippen molar-refractivity contribution in [3.63, 3.8) is 0 Å². The molecule has 0 aromatic heterocycles. The van der Waals surface area contributed by atoms with E-state index in [9.17, 15) is 9.90 Å². The van der Waals surface area contributed by atoms with Crippen molar-refractivity contribution in [2.45, 2.75) is 85.0 Å². The number of carbonyl (C=O) groups is 1. The second kappa shape index (κ2) is 9.45. The Labute approximate surface area is 133 Å². The average Bonchev–Trinajstić information content (AvgIpc) is 2.32. The smallest absolute Gasteiger partial charge is 0.309 e. The minimum Gasteiger partial charge on any atom is -0.481 e. The van der Waals surface area contributed by atoms with Crippen molar-refractivity contribution in [1.29, 1.82) is 0 Å². The van der Waals surface area contributed by atoms with Crippen LogP contribution >= 0.6 is 0 Å². The van der Waals surface area contributed by atoms with Crippen LogP contribution in [0.5, 0.6) is 0 Å². The van der Waals surface area contributed by atoms with E-state index >= 15 is 0 Å². The maximum atomic E-state index is 11.3. The van der Waals surface area contributed by atoms with Crippen molar-refractivity contribution < 1.29 is 29.5 Å². The molecule has 2 unspecified atom stereocenters. The van der Waals surface area contributed by atoms with Crippen LogP contribution in [-0.2, 0) is 24.3 Å². The largest absolute Gasteiger partial charge is 0.481 e. The fourth-order valence-corrected chi connectivity index (χ4v) is 1.68. The Morgan fingerprint density at radius 3 is 2.00 bits per heavy atom. The molecule has 22 heavy (non-hydrogen) atoms. The molecule has 0 saturated carbocycles. The molecule has 0 bridgehead atoms. The summed E-state index contributed by atoms with van der Waals surface area (Å²) in [5.74, 6) is -1.48. The molecule has 0 aromatic carbocycles. The average molecular weight is 320 g/mol. The Bertz CT molecular complexity index is 316. The van der Waals surface area contributed by atoms with Gasteiger partial charge < -0.3 is 5.11 Å². The summed E-state index contributed by atoms with van der Waals surface area (Å²) in [6.07, 6.45) is 1.11. The molecular formula is C16H32O6. The summed E-state index contributed by atoms with van der Waals surface area (Å²) < 4.78 is 0. The molecule has 0 heterocycles. The Balaban J connectivity index is 4.37. The van der Waals surface area contributed by atoms with Gasteiger partial charge in [0.2, 0.25) is 0 Å². The Morgan fingerprint density at radius 1 is 1.05 bits per heavy atom. The molecule has 0 radical (unpaired) electrons. The van der Waals surface area contributed by atoms with Crippen LogP contribution < -0.4 is 0 Å². The highest BCUT2D eigenvalue weighted by atomic mass is 17.2. The zero-order chi connectivity index (χ0) is 17.4. The molecule has 132 valence electrons. The summed E-state index contributed by atoms with van der Waals surface area (Å²) in [6, 6.07) is 0. The van der Waals surface area contributed by atoms with Crippen LogP contribution in [0, 0.1) is 5.92 Å². The normalized spacial score (nSPS) is 15.6. The van der Waals surface area contributed by atoms with Crippen LogP contribution in [0.25, 0.3) is 0 Å². The summed E-state index contributed by atoms with van der Waals surface area (Å²) in [5.41, 5.74) is -0.848. The molecule has 0 rings (SSSR count). The fourth-order valence-electron chi connectivity index (χ4n) is 1.68. The minimum atomic E-state index is -0.878. The maximum Gasteiger partial charge on any atom is 0.309 e. The summed E-state index contributed by atoms with van der Waals surface area (Å²) >= 11 is 0. The quantitative estimate of drug-likeness (QED) is 0.375. The Hall–Kier alpha value is -0.690. The Kier molecular flexibility index (Phi) is 9.15. The van der Waals surface area contributed by atoms with E-state index in [1.54, 1.807) is 0 Å². The van der Waals surface area contributed by atoms with Gasteiger partial charge in [0.25, 0.3) is 0 Å². The number of carboxylic acid groups (broad SMARTS) is 1. The summed E-state index contributed by atoms with van der Waals surface area (Å²) in [5, 5.41) is 9.29. The Morgan fingerprint density at radius 2 is 1.59 bits per heavy atom. The molecule has 0 fully saturated rings. The molecule has 0 aromatic rings. The van der Waals surface area contributed by atoms with Crippen LogP contribution in [0.15, 0.2) is 0 Å². The number of rotatable bonds is 10. The van der Waals surface area contributed by atoms with Gasteiger partial charge in [-0.15, -0.1) is 0 Å². The zero-order valence-corrected chi connectivity index (χ0v) is 15.0. The van der Waals surface area contributed by atoms with Crippen molar-refractivity contribution in [3.05, 3.63) is 0 Å². The third-order valence-electron chi connectivity index (χ3n) is 2.65. The van der Waals surface area contributed by atoms with E-state index in [0.29, 0.717) is 25.9 Å². The van der Waals surface area contributed by atoms with Gasteiger partial charge in [-0.3, -0.25) is 4.79 Å². The van der Waals surface area contributed by atoms with Gasteiger partial charge in [-0.1, -0.05) is 6.92 Å². The van der Waals surface area contributed by atoms with Gasteiger partial charge in [-0.25, -0.2) is 19.6 Å². The predicted octanol–water partition coefficient (Wildman–Crippen LogP) is 3.74. The zero-order valence-electron chi connectivity index (χ0n) is 15.0. The first-order valence-corrected chi connectivity index (χ1v) is 7.84. The van der Waals surface area contributed by atoms with Gasteiger partial charge in [-0.05, 0) is 60.8 Å². The monoisotopic (exact) mass is 320 g/mol. The second-order valence-electron chi connectivity index (χ2n) is 7.34. The van der Waals surface area contributed by atoms with E-state index < -0.39 is 23.6 Å². The van der Waals surface area contributed by atoms with Crippen molar-refractivity contribution >= 4 is 5.97 Å². The van der Waals surface area contributed by atoms with E-state index in [4.69, 9.17) is 19.6 Å². The first-order valence-electron chi connectivity index (χ1n) is 7.84. The van der Waals surface area contributed by atoms with Gasteiger partial charge in [0.1, 0.15) is 6.10 Å². The number of carboxylic acids is 1. The lowest BCUT2D eigenvalue weighted by Gasteiger charge is -2.26. The lowest BCUT2D eigenvalue weighted by atomic mass is 9.96. The van der Waals surface area contributed by atoms with E-state index in [2.05, 4.69) is 0 Å². The van der Waals surface area contributed by atoms with Crippen molar-refractivity contribution in [2.24, 2.45) is 5.92 Å². The van der Waals surface area contributed by atoms with Gasteiger partial charge in [0.05, 0.1) is 23.7 Å². The van der Waals surface area contributed by atoms with E-state index in [-0.39, 0.29) is 5.60 Å². The summed E-state index contributed by atoms with van der Waals surface area (Å²) in [7, 11) is 0. The molecule has 1 N–H and O–H groups in total. The van der Waals surface area contributed by atoms with Crippen LogP contribution in [0.2, 0.25) is 0 Å². The number of hydrogen-bond acceptors (Lipinski definition) is 5. The van der Waals surface area contributed by atoms with Crippen LogP contribution in [0.4, 0.5) is 0 Å². The standard InChI is InChI=1S/C16H32O6/c1-8-12(14(17)18)13(20-22-16(5,6)7)10-9-11-19-21-15(2,3)4/h12-13H,8-11H2,1-7H3,(H,17,18). The van der Waals surface area contributed by atoms with E-state index in [0.717, 1.165) is 0 Å². The van der Waals surface area contributed by atoms with Crippen LogP contribution in [0.3, 0.4) is 0 Å². The first-order chi connectivity index (χ1) is 9.96. The molecule has 0 amide bonds. The van der Waals surface area contributed by atoms with Crippen LogP contribution in [0.1, 0.15) is 67.7 Å². The predicted molar refractivity (Wildman–Crippen MR) is 83.2 cm³/mol. The molecule has 0 aliphatic carbocycles. The van der Waals surface area contributed by atoms with Crippen molar-refractivity contribution in [1.82, 2.24) is 0 Å². The molecule has 2 atom stereocenters.